The molecule has 0 aliphatic heterocycles. The first-order valence-electron chi connectivity index (χ1n) is 8.65. The minimum absolute atomic E-state index is 0.412. The average Bonchev–Trinajstić information content (AvgIpc) is 2.75. The molecule has 0 spiro atoms. The first-order chi connectivity index (χ1) is 10.2. The molecule has 1 aliphatic rings. The first kappa shape index (κ1) is 16.4. The molecule has 0 aromatic heterocycles. The van der Waals surface area contributed by atoms with Gasteiger partial charge in [0.05, 0.1) is 6.61 Å². The van der Waals surface area contributed by atoms with Crippen molar-refractivity contribution in [3.05, 3.63) is 29.3 Å². The quantitative estimate of drug-likeness (QED) is 0.743. The zero-order valence-corrected chi connectivity index (χ0v) is 14.0. The molecule has 1 atom stereocenters. The van der Waals surface area contributed by atoms with Gasteiger partial charge in [-0.2, -0.15) is 0 Å². The van der Waals surface area contributed by atoms with E-state index in [1.165, 1.54) is 56.1 Å². The highest BCUT2D eigenvalue weighted by Crippen LogP contribution is 2.34. The van der Waals surface area contributed by atoms with E-state index in [1.54, 1.807) is 0 Å². The fourth-order valence-corrected chi connectivity index (χ4v) is 3.56. The zero-order valence-electron chi connectivity index (χ0n) is 14.0. The van der Waals surface area contributed by atoms with Crippen molar-refractivity contribution in [3.63, 3.8) is 0 Å². The molecule has 1 N–H and O–H groups in total. The van der Waals surface area contributed by atoms with E-state index in [-0.39, 0.29) is 0 Å². The molecule has 2 nitrogen and oxygen atoms in total. The van der Waals surface area contributed by atoms with Crippen LogP contribution in [0.3, 0.4) is 0 Å². The predicted octanol–water partition coefficient (Wildman–Crippen LogP) is 5.01. The van der Waals surface area contributed by atoms with Gasteiger partial charge in [-0.1, -0.05) is 56.2 Å². The molecule has 2 rings (SSSR count). The van der Waals surface area contributed by atoms with Crippen molar-refractivity contribution < 1.29 is 4.74 Å². The van der Waals surface area contributed by atoms with Crippen molar-refractivity contribution in [2.24, 2.45) is 5.92 Å². The van der Waals surface area contributed by atoms with E-state index in [0.717, 1.165) is 18.3 Å². The predicted molar refractivity (Wildman–Crippen MR) is 90.0 cm³/mol. The van der Waals surface area contributed by atoms with E-state index in [2.05, 4.69) is 44.4 Å². The Bertz CT molecular complexity index is 422. The number of ether oxygens (including phenoxy) is 1. The molecule has 1 unspecified atom stereocenters. The second-order valence-corrected chi connectivity index (χ2v) is 6.41. The van der Waals surface area contributed by atoms with Gasteiger partial charge in [-0.25, -0.2) is 0 Å². The van der Waals surface area contributed by atoms with Crippen molar-refractivity contribution in [2.45, 2.75) is 64.8 Å². The van der Waals surface area contributed by atoms with Crippen LogP contribution in [0.2, 0.25) is 0 Å². The van der Waals surface area contributed by atoms with Gasteiger partial charge in [-0.3, -0.25) is 0 Å². The van der Waals surface area contributed by atoms with Crippen LogP contribution < -0.4 is 10.1 Å². The third kappa shape index (κ3) is 4.74. The Morgan fingerprint density at radius 1 is 1.19 bits per heavy atom. The summed E-state index contributed by atoms with van der Waals surface area (Å²) in [5.41, 5.74) is 2.65. The van der Waals surface area contributed by atoms with E-state index >= 15 is 0 Å². The maximum absolute atomic E-state index is 5.85. The Hall–Kier alpha value is -1.02. The summed E-state index contributed by atoms with van der Waals surface area (Å²) in [5, 5.41) is 3.53. The summed E-state index contributed by atoms with van der Waals surface area (Å²) in [5.74, 6) is 1.91. The molecule has 0 bridgehead atoms. The smallest absolute Gasteiger partial charge is 0.124 e. The van der Waals surface area contributed by atoms with Crippen molar-refractivity contribution in [1.29, 1.82) is 0 Å². The van der Waals surface area contributed by atoms with Crippen LogP contribution in [-0.4, -0.2) is 13.7 Å². The second kappa shape index (κ2) is 8.43. The standard InChI is InChI=1S/C19H31NO/c1-4-21-19-12-11-15(2)13-17(19)18(20-3)14-16-9-7-5-6-8-10-16/h11-13,16,18,20H,4-10,14H2,1-3H3. The second-order valence-electron chi connectivity index (χ2n) is 6.41. The number of hydrogen-bond donors (Lipinski definition) is 1. The Morgan fingerprint density at radius 2 is 1.90 bits per heavy atom. The van der Waals surface area contributed by atoms with Crippen LogP contribution in [0.15, 0.2) is 18.2 Å². The number of rotatable bonds is 6. The Kier molecular flexibility index (Phi) is 6.56. The van der Waals surface area contributed by atoms with Crippen LogP contribution in [0, 0.1) is 12.8 Å². The number of nitrogens with one attached hydrogen (secondary N) is 1. The van der Waals surface area contributed by atoms with Crippen LogP contribution in [-0.2, 0) is 0 Å². The summed E-state index contributed by atoms with van der Waals surface area (Å²) in [6.07, 6.45) is 9.70. The average molecular weight is 289 g/mol. The van der Waals surface area contributed by atoms with Gasteiger partial charge in [0.15, 0.2) is 0 Å². The Balaban J connectivity index is 2.13. The van der Waals surface area contributed by atoms with Gasteiger partial charge in [0.2, 0.25) is 0 Å². The summed E-state index contributed by atoms with van der Waals surface area (Å²) < 4.78 is 5.85. The highest BCUT2D eigenvalue weighted by molar-refractivity contribution is 5.39. The van der Waals surface area contributed by atoms with Crippen LogP contribution in [0.1, 0.15) is 69.0 Å². The van der Waals surface area contributed by atoms with E-state index in [1.807, 2.05) is 0 Å². The lowest BCUT2D eigenvalue weighted by Crippen LogP contribution is -2.21. The molecule has 1 aromatic carbocycles. The molecule has 0 heterocycles. The summed E-state index contributed by atoms with van der Waals surface area (Å²) in [4.78, 5) is 0. The molecule has 2 heteroatoms. The largest absolute Gasteiger partial charge is 0.494 e. The zero-order chi connectivity index (χ0) is 15.1. The lowest BCUT2D eigenvalue weighted by Gasteiger charge is -2.25. The molecule has 0 amide bonds. The van der Waals surface area contributed by atoms with E-state index < -0.39 is 0 Å². The monoisotopic (exact) mass is 289 g/mol. The van der Waals surface area contributed by atoms with E-state index in [0.29, 0.717) is 6.04 Å². The van der Waals surface area contributed by atoms with Gasteiger partial charge >= 0.3 is 0 Å². The summed E-state index contributed by atoms with van der Waals surface area (Å²) in [6, 6.07) is 6.98. The summed E-state index contributed by atoms with van der Waals surface area (Å²) in [6.45, 7) is 4.96. The van der Waals surface area contributed by atoms with Crippen molar-refractivity contribution in [1.82, 2.24) is 5.32 Å². The molecule has 0 radical (unpaired) electrons. The SMILES string of the molecule is CCOc1ccc(C)cc1C(CC1CCCCCC1)NC. The molecule has 1 saturated carbocycles. The first-order valence-corrected chi connectivity index (χ1v) is 8.65. The molecule has 1 aromatic rings. The molecular weight excluding hydrogens is 258 g/mol. The summed E-state index contributed by atoms with van der Waals surface area (Å²) in [7, 11) is 2.08. The van der Waals surface area contributed by atoms with Gasteiger partial charge in [0.1, 0.15) is 5.75 Å². The molecule has 0 saturated heterocycles. The van der Waals surface area contributed by atoms with Gasteiger partial charge in [-0.05, 0) is 39.3 Å². The topological polar surface area (TPSA) is 21.3 Å². The van der Waals surface area contributed by atoms with Crippen LogP contribution in [0.5, 0.6) is 5.75 Å². The Labute approximate surface area is 130 Å². The maximum Gasteiger partial charge on any atom is 0.124 e. The normalized spacial score (nSPS) is 18.2. The number of aryl methyl sites for hydroxylation is 1. The molecule has 1 fully saturated rings. The number of benzene rings is 1. The third-order valence-electron chi connectivity index (χ3n) is 4.73. The number of hydrogen-bond acceptors (Lipinski definition) is 2. The van der Waals surface area contributed by atoms with Crippen LogP contribution >= 0.6 is 0 Å². The third-order valence-corrected chi connectivity index (χ3v) is 4.73. The van der Waals surface area contributed by atoms with Gasteiger partial charge in [-0.15, -0.1) is 0 Å². The molecule has 1 aliphatic carbocycles. The minimum atomic E-state index is 0.412. The van der Waals surface area contributed by atoms with Gasteiger partial charge in [0.25, 0.3) is 0 Å². The van der Waals surface area contributed by atoms with E-state index in [9.17, 15) is 0 Å². The van der Waals surface area contributed by atoms with Crippen molar-refractivity contribution in [2.75, 3.05) is 13.7 Å². The Morgan fingerprint density at radius 3 is 2.52 bits per heavy atom. The van der Waals surface area contributed by atoms with Crippen LogP contribution in [0.4, 0.5) is 0 Å². The van der Waals surface area contributed by atoms with Gasteiger partial charge < -0.3 is 10.1 Å². The highest BCUT2D eigenvalue weighted by atomic mass is 16.5. The highest BCUT2D eigenvalue weighted by Gasteiger charge is 2.21. The van der Waals surface area contributed by atoms with Crippen molar-refractivity contribution >= 4 is 0 Å². The van der Waals surface area contributed by atoms with Gasteiger partial charge in [0, 0.05) is 11.6 Å². The molecule has 21 heavy (non-hydrogen) atoms. The van der Waals surface area contributed by atoms with E-state index in [4.69, 9.17) is 4.74 Å². The maximum atomic E-state index is 5.85. The molecular formula is C19H31NO. The minimum Gasteiger partial charge on any atom is -0.494 e. The van der Waals surface area contributed by atoms with Crippen LogP contribution in [0.25, 0.3) is 0 Å². The van der Waals surface area contributed by atoms with Crippen molar-refractivity contribution in [3.8, 4) is 5.75 Å². The fourth-order valence-electron chi connectivity index (χ4n) is 3.56. The lowest BCUT2D eigenvalue weighted by molar-refractivity contribution is 0.320. The summed E-state index contributed by atoms with van der Waals surface area (Å²) >= 11 is 0. The lowest BCUT2D eigenvalue weighted by atomic mass is 9.89. The molecule has 118 valence electrons. The fraction of sp³-hybridized carbons (Fsp3) is 0.684.